The summed E-state index contributed by atoms with van der Waals surface area (Å²) in [4.78, 5) is 15.2. The van der Waals surface area contributed by atoms with Crippen LogP contribution in [0.4, 0.5) is 0 Å². The zero-order chi connectivity index (χ0) is 9.47. The first kappa shape index (κ1) is 8.23. The van der Waals surface area contributed by atoms with E-state index in [9.17, 15) is 4.79 Å². The first-order valence-electron chi connectivity index (χ1n) is 4.33. The van der Waals surface area contributed by atoms with Gasteiger partial charge in [-0.1, -0.05) is 6.07 Å². The molecule has 0 saturated carbocycles. The fourth-order valence-corrected chi connectivity index (χ4v) is 1.60. The third-order valence-corrected chi connectivity index (χ3v) is 2.60. The van der Waals surface area contributed by atoms with Gasteiger partial charge >= 0.3 is 0 Å². The summed E-state index contributed by atoms with van der Waals surface area (Å²) in [5.41, 5.74) is 0.787. The Balaban J connectivity index is 2.27. The zero-order valence-corrected chi connectivity index (χ0v) is 7.74. The number of pyridine rings is 1. The highest BCUT2D eigenvalue weighted by atomic mass is 16.2. The zero-order valence-electron chi connectivity index (χ0n) is 7.74. The largest absolute Gasteiger partial charge is 0.348 e. The molecular formula is C10H12N2O. The minimum Gasteiger partial charge on any atom is -0.348 e. The predicted molar refractivity (Wildman–Crippen MR) is 48.9 cm³/mol. The fraction of sp³-hybridized carbons (Fsp3) is 0.400. The SMILES string of the molecule is CC1(C)C(=O)NC1c1cccnc1. The lowest BCUT2D eigenvalue weighted by molar-refractivity contribution is -0.143. The van der Waals surface area contributed by atoms with Crippen molar-refractivity contribution in [2.45, 2.75) is 19.9 Å². The van der Waals surface area contributed by atoms with Crippen LogP contribution < -0.4 is 5.32 Å². The van der Waals surface area contributed by atoms with Crippen LogP contribution in [0.25, 0.3) is 0 Å². The van der Waals surface area contributed by atoms with Crippen molar-refractivity contribution in [2.24, 2.45) is 5.41 Å². The summed E-state index contributed by atoms with van der Waals surface area (Å²) in [5.74, 6) is 0.112. The molecule has 13 heavy (non-hydrogen) atoms. The molecule has 1 saturated heterocycles. The van der Waals surface area contributed by atoms with Crippen molar-refractivity contribution >= 4 is 5.91 Å². The summed E-state index contributed by atoms with van der Waals surface area (Å²) in [6, 6.07) is 3.99. The van der Waals surface area contributed by atoms with Gasteiger partial charge in [0, 0.05) is 12.4 Å². The molecule has 2 rings (SSSR count). The molecule has 0 radical (unpaired) electrons. The van der Waals surface area contributed by atoms with E-state index in [1.54, 1.807) is 12.4 Å². The topological polar surface area (TPSA) is 42.0 Å². The molecular weight excluding hydrogens is 164 g/mol. The standard InChI is InChI=1S/C10H12N2O/c1-10(2)8(12-9(10)13)7-4-3-5-11-6-7/h3-6,8H,1-2H3,(H,12,13). The number of hydrogen-bond donors (Lipinski definition) is 1. The van der Waals surface area contributed by atoms with E-state index in [1.807, 2.05) is 26.0 Å². The summed E-state index contributed by atoms with van der Waals surface area (Å²) in [6.45, 7) is 3.90. The van der Waals surface area contributed by atoms with Gasteiger partial charge in [-0.25, -0.2) is 0 Å². The molecule has 0 bridgehead atoms. The maximum Gasteiger partial charge on any atom is 0.228 e. The maximum absolute atomic E-state index is 11.2. The average Bonchev–Trinajstić information content (AvgIpc) is 2.15. The first-order valence-corrected chi connectivity index (χ1v) is 4.33. The van der Waals surface area contributed by atoms with E-state index in [4.69, 9.17) is 0 Å². The van der Waals surface area contributed by atoms with Gasteiger partial charge in [0.05, 0.1) is 11.5 Å². The highest BCUT2D eigenvalue weighted by Crippen LogP contribution is 2.40. The number of carbonyl (C=O) groups is 1. The van der Waals surface area contributed by atoms with Gasteiger partial charge in [-0.05, 0) is 25.5 Å². The lowest BCUT2D eigenvalue weighted by atomic mass is 9.73. The number of β-lactam (4-membered cyclic amide) rings is 1. The van der Waals surface area contributed by atoms with Crippen LogP contribution in [-0.2, 0) is 4.79 Å². The van der Waals surface area contributed by atoms with Gasteiger partial charge in [0.2, 0.25) is 5.91 Å². The van der Waals surface area contributed by atoms with Crippen LogP contribution in [0.3, 0.4) is 0 Å². The minimum absolute atomic E-state index is 0.112. The molecule has 0 aromatic carbocycles. The number of amides is 1. The van der Waals surface area contributed by atoms with Crippen LogP contribution in [0.1, 0.15) is 25.5 Å². The second-order valence-electron chi connectivity index (χ2n) is 3.91. The Bertz CT molecular complexity index is 332. The monoisotopic (exact) mass is 176 g/mol. The van der Waals surface area contributed by atoms with Crippen molar-refractivity contribution in [1.29, 1.82) is 0 Å². The Morgan fingerprint density at radius 1 is 1.54 bits per heavy atom. The average molecular weight is 176 g/mol. The van der Waals surface area contributed by atoms with Crippen molar-refractivity contribution < 1.29 is 4.79 Å². The van der Waals surface area contributed by atoms with Gasteiger partial charge in [0.15, 0.2) is 0 Å². The molecule has 3 nitrogen and oxygen atoms in total. The molecule has 3 heteroatoms. The Morgan fingerprint density at radius 2 is 2.31 bits per heavy atom. The molecule has 1 aliphatic heterocycles. The molecule has 1 fully saturated rings. The molecule has 1 aliphatic rings. The first-order chi connectivity index (χ1) is 6.12. The van der Waals surface area contributed by atoms with Crippen LogP contribution in [-0.4, -0.2) is 10.9 Å². The molecule has 1 atom stereocenters. The molecule has 2 heterocycles. The summed E-state index contributed by atoms with van der Waals surface area (Å²) in [6.07, 6.45) is 3.53. The van der Waals surface area contributed by atoms with Crippen LogP contribution in [0.2, 0.25) is 0 Å². The van der Waals surface area contributed by atoms with Gasteiger partial charge in [-0.2, -0.15) is 0 Å². The van der Waals surface area contributed by atoms with E-state index in [1.165, 1.54) is 0 Å². The van der Waals surface area contributed by atoms with Gasteiger partial charge in [-0.3, -0.25) is 9.78 Å². The van der Waals surface area contributed by atoms with Crippen LogP contribution in [0.5, 0.6) is 0 Å². The van der Waals surface area contributed by atoms with Crippen LogP contribution >= 0.6 is 0 Å². The molecule has 1 aromatic rings. The number of nitrogens with zero attached hydrogens (tertiary/aromatic N) is 1. The van der Waals surface area contributed by atoms with Gasteiger partial charge < -0.3 is 5.32 Å². The third-order valence-electron chi connectivity index (χ3n) is 2.60. The number of aromatic nitrogens is 1. The highest BCUT2D eigenvalue weighted by molar-refractivity contribution is 5.89. The van der Waals surface area contributed by atoms with Gasteiger partial charge in [0.1, 0.15) is 0 Å². The van der Waals surface area contributed by atoms with E-state index < -0.39 is 0 Å². The molecule has 1 amide bonds. The molecule has 68 valence electrons. The second-order valence-corrected chi connectivity index (χ2v) is 3.91. The van der Waals surface area contributed by atoms with Gasteiger partial charge in [-0.15, -0.1) is 0 Å². The van der Waals surface area contributed by atoms with Crippen molar-refractivity contribution in [1.82, 2.24) is 10.3 Å². The minimum atomic E-state index is -0.289. The number of hydrogen-bond acceptors (Lipinski definition) is 2. The predicted octanol–water partition coefficient (Wildman–Crippen LogP) is 1.28. The molecule has 0 spiro atoms. The van der Waals surface area contributed by atoms with E-state index >= 15 is 0 Å². The number of rotatable bonds is 1. The van der Waals surface area contributed by atoms with Gasteiger partial charge in [0.25, 0.3) is 0 Å². The summed E-state index contributed by atoms with van der Waals surface area (Å²) in [7, 11) is 0. The lowest BCUT2D eigenvalue weighted by Gasteiger charge is -2.43. The highest BCUT2D eigenvalue weighted by Gasteiger charge is 2.47. The van der Waals surface area contributed by atoms with Crippen molar-refractivity contribution in [3.05, 3.63) is 30.1 Å². The molecule has 1 aromatic heterocycles. The van der Waals surface area contributed by atoms with Crippen molar-refractivity contribution in [3.63, 3.8) is 0 Å². The van der Waals surface area contributed by atoms with E-state index in [2.05, 4.69) is 10.3 Å². The van der Waals surface area contributed by atoms with E-state index in [0.717, 1.165) is 5.56 Å². The quantitative estimate of drug-likeness (QED) is 0.655. The fourth-order valence-electron chi connectivity index (χ4n) is 1.60. The van der Waals surface area contributed by atoms with Crippen LogP contribution in [0, 0.1) is 5.41 Å². The second kappa shape index (κ2) is 2.55. The Morgan fingerprint density at radius 3 is 2.77 bits per heavy atom. The van der Waals surface area contributed by atoms with Crippen molar-refractivity contribution in [2.75, 3.05) is 0 Å². The normalized spacial score (nSPS) is 24.8. The Labute approximate surface area is 77.2 Å². The molecule has 1 unspecified atom stereocenters. The number of carbonyl (C=O) groups excluding carboxylic acids is 1. The lowest BCUT2D eigenvalue weighted by Crippen LogP contribution is -2.57. The molecule has 1 N–H and O–H groups in total. The number of nitrogens with one attached hydrogen (secondary N) is 1. The Hall–Kier alpha value is -1.38. The van der Waals surface area contributed by atoms with Crippen molar-refractivity contribution in [3.8, 4) is 0 Å². The summed E-state index contributed by atoms with van der Waals surface area (Å²) in [5, 5.41) is 2.87. The van der Waals surface area contributed by atoms with E-state index in [-0.39, 0.29) is 17.4 Å². The maximum atomic E-state index is 11.2. The molecule has 0 aliphatic carbocycles. The summed E-state index contributed by atoms with van der Waals surface area (Å²) >= 11 is 0. The van der Waals surface area contributed by atoms with E-state index in [0.29, 0.717) is 0 Å². The summed E-state index contributed by atoms with van der Waals surface area (Å²) < 4.78 is 0. The Kier molecular flexibility index (Phi) is 1.62. The third kappa shape index (κ3) is 1.11. The van der Waals surface area contributed by atoms with Crippen LogP contribution in [0.15, 0.2) is 24.5 Å². The smallest absolute Gasteiger partial charge is 0.228 e.